The molecule has 1 N–H and O–H groups in total. The highest BCUT2D eigenvalue weighted by molar-refractivity contribution is 7.16. The third-order valence-electron chi connectivity index (χ3n) is 3.70. The molecule has 4 nitrogen and oxygen atoms in total. The molecule has 25 heavy (non-hydrogen) atoms. The molecule has 0 spiro atoms. The lowest BCUT2D eigenvalue weighted by Gasteiger charge is -2.07. The number of aryl methyl sites for hydroxylation is 1. The third kappa shape index (κ3) is 4.18. The Morgan fingerprint density at radius 3 is 2.64 bits per heavy atom. The average Bonchev–Trinajstić information content (AvgIpc) is 2.96. The van der Waals surface area contributed by atoms with Gasteiger partial charge in [0.15, 0.2) is 5.13 Å². The van der Waals surface area contributed by atoms with Crippen LogP contribution in [0.15, 0.2) is 48.5 Å². The maximum Gasteiger partial charge on any atom is 0.230 e. The van der Waals surface area contributed by atoms with Gasteiger partial charge in [0.2, 0.25) is 5.91 Å². The minimum Gasteiger partial charge on any atom is -0.496 e. The molecule has 0 atom stereocenters. The van der Waals surface area contributed by atoms with E-state index in [4.69, 9.17) is 16.3 Å². The zero-order valence-corrected chi connectivity index (χ0v) is 15.4. The molecule has 3 aromatic rings. The van der Waals surface area contributed by atoms with Gasteiger partial charge in [0.1, 0.15) is 5.75 Å². The van der Waals surface area contributed by atoms with E-state index in [9.17, 15) is 4.79 Å². The van der Waals surface area contributed by atoms with E-state index < -0.39 is 0 Å². The summed E-state index contributed by atoms with van der Waals surface area (Å²) in [5.41, 5.74) is 2.67. The number of thiazole rings is 1. The van der Waals surface area contributed by atoms with E-state index in [-0.39, 0.29) is 12.3 Å². The van der Waals surface area contributed by atoms with Crippen LogP contribution in [0.25, 0.3) is 11.3 Å². The van der Waals surface area contributed by atoms with Crippen molar-refractivity contribution in [2.24, 2.45) is 0 Å². The number of halogens is 1. The summed E-state index contributed by atoms with van der Waals surface area (Å²) in [5, 5.41) is 4.14. The van der Waals surface area contributed by atoms with Crippen molar-refractivity contribution in [3.05, 3.63) is 64.0 Å². The van der Waals surface area contributed by atoms with Crippen LogP contribution in [0.4, 0.5) is 5.13 Å². The maximum atomic E-state index is 12.3. The predicted molar refractivity (Wildman–Crippen MR) is 103 cm³/mol. The summed E-state index contributed by atoms with van der Waals surface area (Å²) < 4.78 is 5.28. The molecule has 2 aromatic carbocycles. The number of hydrogen-bond donors (Lipinski definition) is 1. The summed E-state index contributed by atoms with van der Waals surface area (Å²) >= 11 is 7.38. The predicted octanol–water partition coefficient (Wildman–Crippen LogP) is 4.96. The largest absolute Gasteiger partial charge is 0.496 e. The molecule has 0 bridgehead atoms. The summed E-state index contributed by atoms with van der Waals surface area (Å²) in [6.07, 6.45) is 0.235. The van der Waals surface area contributed by atoms with Gasteiger partial charge in [-0.15, -0.1) is 11.3 Å². The molecule has 0 saturated heterocycles. The Labute approximate surface area is 155 Å². The highest BCUT2D eigenvalue weighted by Gasteiger charge is 2.13. The third-order valence-corrected chi connectivity index (χ3v) is 4.84. The van der Waals surface area contributed by atoms with Crippen LogP contribution in [-0.4, -0.2) is 18.0 Å². The molecular weight excluding hydrogens is 356 g/mol. The van der Waals surface area contributed by atoms with Gasteiger partial charge in [0.25, 0.3) is 0 Å². The highest BCUT2D eigenvalue weighted by Crippen LogP contribution is 2.31. The molecular formula is C19H17ClN2O2S. The maximum absolute atomic E-state index is 12.3. The van der Waals surface area contributed by atoms with Crippen LogP contribution in [0.2, 0.25) is 5.02 Å². The summed E-state index contributed by atoms with van der Waals surface area (Å²) in [6, 6.07) is 15.0. The molecule has 3 rings (SSSR count). The Bertz CT molecular complexity index is 891. The number of ether oxygens (including phenoxy) is 1. The lowest BCUT2D eigenvalue weighted by atomic mass is 10.1. The normalized spacial score (nSPS) is 10.5. The monoisotopic (exact) mass is 372 g/mol. The fourth-order valence-corrected chi connectivity index (χ4v) is 3.49. The van der Waals surface area contributed by atoms with E-state index in [0.29, 0.717) is 15.9 Å². The van der Waals surface area contributed by atoms with Crippen LogP contribution in [0, 0.1) is 6.92 Å². The molecule has 1 amide bonds. The van der Waals surface area contributed by atoms with Crippen LogP contribution in [0.5, 0.6) is 5.75 Å². The van der Waals surface area contributed by atoms with Crippen LogP contribution in [0.3, 0.4) is 0 Å². The Kier molecular flexibility index (Phi) is 5.36. The van der Waals surface area contributed by atoms with Gasteiger partial charge in [-0.25, -0.2) is 4.98 Å². The molecule has 0 aliphatic rings. The lowest BCUT2D eigenvalue weighted by molar-refractivity contribution is -0.115. The molecule has 0 radical (unpaired) electrons. The van der Waals surface area contributed by atoms with Gasteiger partial charge < -0.3 is 10.1 Å². The van der Waals surface area contributed by atoms with Crippen LogP contribution >= 0.6 is 22.9 Å². The molecule has 0 fully saturated rings. The number of rotatable bonds is 5. The van der Waals surface area contributed by atoms with Crippen molar-refractivity contribution in [1.82, 2.24) is 4.98 Å². The zero-order chi connectivity index (χ0) is 17.8. The lowest BCUT2D eigenvalue weighted by Crippen LogP contribution is -2.14. The van der Waals surface area contributed by atoms with Crippen LogP contribution in [-0.2, 0) is 11.2 Å². The smallest absolute Gasteiger partial charge is 0.230 e. The van der Waals surface area contributed by atoms with E-state index in [2.05, 4.69) is 10.3 Å². The standard InChI is InChI=1S/C19H17ClN2O2S/c1-12-18(13-7-9-15(20)10-8-13)22-19(25-12)21-17(23)11-14-5-3-4-6-16(14)24-2/h3-10H,11H2,1-2H3,(H,21,22,23). The second kappa shape index (κ2) is 7.68. The summed E-state index contributed by atoms with van der Waals surface area (Å²) in [7, 11) is 1.60. The molecule has 128 valence electrons. The van der Waals surface area contributed by atoms with E-state index >= 15 is 0 Å². The van der Waals surface area contributed by atoms with Crippen LogP contribution < -0.4 is 10.1 Å². The SMILES string of the molecule is COc1ccccc1CC(=O)Nc1nc(-c2ccc(Cl)cc2)c(C)s1. The number of nitrogens with one attached hydrogen (secondary N) is 1. The highest BCUT2D eigenvalue weighted by atomic mass is 35.5. The van der Waals surface area contributed by atoms with E-state index in [1.165, 1.54) is 11.3 Å². The van der Waals surface area contributed by atoms with Crippen molar-refractivity contribution in [2.45, 2.75) is 13.3 Å². The number of nitrogens with zero attached hydrogens (tertiary/aromatic N) is 1. The molecule has 0 unspecified atom stereocenters. The Morgan fingerprint density at radius 2 is 1.92 bits per heavy atom. The van der Waals surface area contributed by atoms with Gasteiger partial charge >= 0.3 is 0 Å². The van der Waals surface area contributed by atoms with Crippen molar-refractivity contribution in [1.29, 1.82) is 0 Å². The number of benzene rings is 2. The molecule has 1 aromatic heterocycles. The average molecular weight is 373 g/mol. The van der Waals surface area contributed by atoms with Crippen molar-refractivity contribution in [3.8, 4) is 17.0 Å². The number of carbonyl (C=O) groups excluding carboxylic acids is 1. The molecule has 1 heterocycles. The van der Waals surface area contributed by atoms with E-state index in [0.717, 1.165) is 21.7 Å². The number of hydrogen-bond acceptors (Lipinski definition) is 4. The van der Waals surface area contributed by atoms with Gasteiger partial charge in [-0.3, -0.25) is 4.79 Å². The number of para-hydroxylation sites is 1. The number of amides is 1. The van der Waals surface area contributed by atoms with Gasteiger partial charge in [-0.05, 0) is 25.1 Å². The quantitative estimate of drug-likeness (QED) is 0.688. The topological polar surface area (TPSA) is 51.2 Å². The molecule has 0 aliphatic carbocycles. The molecule has 0 aliphatic heterocycles. The van der Waals surface area contributed by atoms with Crippen molar-refractivity contribution < 1.29 is 9.53 Å². The first-order valence-corrected chi connectivity index (χ1v) is 8.91. The summed E-state index contributed by atoms with van der Waals surface area (Å²) in [5.74, 6) is 0.579. The van der Waals surface area contributed by atoms with Gasteiger partial charge in [-0.1, -0.05) is 41.9 Å². The minimum atomic E-state index is -0.124. The first kappa shape index (κ1) is 17.5. The second-order valence-corrected chi connectivity index (χ2v) is 7.11. The van der Waals surface area contributed by atoms with Crippen molar-refractivity contribution in [2.75, 3.05) is 12.4 Å². The number of methoxy groups -OCH3 is 1. The van der Waals surface area contributed by atoms with Gasteiger partial charge in [-0.2, -0.15) is 0 Å². The molecule has 6 heteroatoms. The Balaban J connectivity index is 1.74. The summed E-state index contributed by atoms with van der Waals surface area (Å²) in [4.78, 5) is 17.9. The fourth-order valence-electron chi connectivity index (χ4n) is 2.51. The molecule has 0 saturated carbocycles. The first-order chi connectivity index (χ1) is 12.1. The zero-order valence-electron chi connectivity index (χ0n) is 13.9. The van der Waals surface area contributed by atoms with Gasteiger partial charge in [0.05, 0.1) is 19.2 Å². The Morgan fingerprint density at radius 1 is 1.20 bits per heavy atom. The Hall–Kier alpha value is -2.37. The van der Waals surface area contributed by atoms with E-state index in [1.54, 1.807) is 7.11 Å². The fraction of sp³-hybridized carbons (Fsp3) is 0.158. The van der Waals surface area contributed by atoms with Crippen molar-refractivity contribution >= 4 is 34.0 Å². The number of carbonyl (C=O) groups is 1. The van der Waals surface area contributed by atoms with Crippen molar-refractivity contribution in [3.63, 3.8) is 0 Å². The van der Waals surface area contributed by atoms with Gasteiger partial charge in [0, 0.05) is 21.0 Å². The second-order valence-electron chi connectivity index (χ2n) is 5.47. The van der Waals surface area contributed by atoms with E-state index in [1.807, 2.05) is 55.5 Å². The number of anilines is 1. The number of aromatic nitrogens is 1. The first-order valence-electron chi connectivity index (χ1n) is 7.72. The summed E-state index contributed by atoms with van der Waals surface area (Å²) in [6.45, 7) is 1.98. The minimum absolute atomic E-state index is 0.124. The van der Waals surface area contributed by atoms with Crippen LogP contribution in [0.1, 0.15) is 10.4 Å².